The third-order valence-electron chi connectivity index (χ3n) is 5.17. The molecule has 0 amide bonds. The molecule has 142 valence electrons. The summed E-state index contributed by atoms with van der Waals surface area (Å²) in [5.74, 6) is 0.801. The van der Waals surface area contributed by atoms with Gasteiger partial charge in [-0.15, -0.1) is 5.10 Å². The van der Waals surface area contributed by atoms with Crippen LogP contribution in [0, 0.1) is 0 Å². The fourth-order valence-electron chi connectivity index (χ4n) is 3.76. The predicted molar refractivity (Wildman–Crippen MR) is 106 cm³/mol. The van der Waals surface area contributed by atoms with Crippen molar-refractivity contribution in [2.75, 3.05) is 18.0 Å². The minimum absolute atomic E-state index is 0.109. The fourth-order valence-corrected chi connectivity index (χ4v) is 5.02. The monoisotopic (exact) mass is 393 g/mol. The Hall–Kier alpha value is -3.00. The van der Waals surface area contributed by atoms with E-state index in [1.807, 2.05) is 24.3 Å². The summed E-state index contributed by atoms with van der Waals surface area (Å²) >= 11 is 0. The van der Waals surface area contributed by atoms with Gasteiger partial charge in [-0.3, -0.25) is 0 Å². The van der Waals surface area contributed by atoms with E-state index >= 15 is 0 Å². The molecule has 0 N–H and O–H groups in total. The van der Waals surface area contributed by atoms with Crippen LogP contribution in [0.2, 0.25) is 0 Å². The Morgan fingerprint density at radius 1 is 0.857 bits per heavy atom. The zero-order valence-corrected chi connectivity index (χ0v) is 16.0. The Kier molecular flexibility index (Phi) is 4.01. The fraction of sp³-hybridized carbons (Fsp3) is 0.250. The van der Waals surface area contributed by atoms with Crippen molar-refractivity contribution in [1.82, 2.24) is 19.8 Å². The number of piperidine rings is 1. The standard InChI is InChI=1S/C20H19N5O2S/c26-28(27,15-9-3-1-4-10-15)20-19-21-18(24-13-7-2-8-14-24)16-11-5-6-12-17(16)25(19)23-22-20/h1,3-6,9-12H,2,7-8,13-14H2. The van der Waals surface area contributed by atoms with Crippen LogP contribution in [0.25, 0.3) is 16.6 Å². The van der Waals surface area contributed by atoms with Gasteiger partial charge in [0, 0.05) is 18.5 Å². The lowest BCUT2D eigenvalue weighted by Crippen LogP contribution is -2.30. The SMILES string of the molecule is O=S(=O)(c1ccccc1)c1nnn2c1nc(N1CCCCC1)c1ccccc12. The molecular weight excluding hydrogens is 374 g/mol. The van der Waals surface area contributed by atoms with Crippen LogP contribution in [-0.2, 0) is 9.84 Å². The van der Waals surface area contributed by atoms with Crippen LogP contribution in [0.4, 0.5) is 5.82 Å². The first-order valence-corrected chi connectivity index (χ1v) is 10.8. The molecule has 0 spiro atoms. The second kappa shape index (κ2) is 6.56. The van der Waals surface area contributed by atoms with E-state index in [4.69, 9.17) is 4.98 Å². The summed E-state index contributed by atoms with van der Waals surface area (Å²) in [5.41, 5.74) is 1.07. The van der Waals surface area contributed by atoms with Crippen LogP contribution in [-0.4, -0.2) is 41.3 Å². The lowest BCUT2D eigenvalue weighted by atomic mass is 10.1. The molecule has 5 rings (SSSR count). The first kappa shape index (κ1) is 17.1. The highest BCUT2D eigenvalue weighted by Gasteiger charge is 2.28. The number of rotatable bonds is 3. The van der Waals surface area contributed by atoms with Crippen molar-refractivity contribution >= 4 is 32.2 Å². The second-order valence-electron chi connectivity index (χ2n) is 6.95. The van der Waals surface area contributed by atoms with Crippen molar-refractivity contribution in [3.63, 3.8) is 0 Å². The largest absolute Gasteiger partial charge is 0.356 e. The topological polar surface area (TPSA) is 80.5 Å². The second-order valence-corrected chi connectivity index (χ2v) is 8.81. The summed E-state index contributed by atoms with van der Waals surface area (Å²) in [6.07, 6.45) is 3.42. The molecule has 7 nitrogen and oxygen atoms in total. The van der Waals surface area contributed by atoms with E-state index in [9.17, 15) is 8.42 Å². The third-order valence-corrected chi connectivity index (χ3v) is 6.83. The predicted octanol–water partition coefficient (Wildman–Crippen LogP) is 3.10. The Morgan fingerprint density at radius 3 is 2.36 bits per heavy atom. The maximum Gasteiger partial charge on any atom is 0.229 e. The van der Waals surface area contributed by atoms with Gasteiger partial charge in [-0.2, -0.15) is 4.52 Å². The van der Waals surface area contributed by atoms with Crippen molar-refractivity contribution in [3.8, 4) is 0 Å². The molecule has 1 fully saturated rings. The van der Waals surface area contributed by atoms with Crippen molar-refractivity contribution < 1.29 is 8.42 Å². The van der Waals surface area contributed by atoms with Crippen LogP contribution in [0.5, 0.6) is 0 Å². The normalized spacial score (nSPS) is 15.4. The van der Waals surface area contributed by atoms with Crippen LogP contribution < -0.4 is 4.90 Å². The number of anilines is 1. The molecule has 3 heterocycles. The van der Waals surface area contributed by atoms with Gasteiger partial charge < -0.3 is 4.90 Å². The van der Waals surface area contributed by atoms with Crippen molar-refractivity contribution in [3.05, 3.63) is 54.6 Å². The quantitative estimate of drug-likeness (QED) is 0.532. The van der Waals surface area contributed by atoms with Crippen molar-refractivity contribution in [1.29, 1.82) is 0 Å². The smallest absolute Gasteiger partial charge is 0.229 e. The number of benzene rings is 2. The average Bonchev–Trinajstić information content (AvgIpc) is 3.19. The highest BCUT2D eigenvalue weighted by molar-refractivity contribution is 7.91. The molecule has 1 saturated heterocycles. The van der Waals surface area contributed by atoms with E-state index in [0.29, 0.717) is 0 Å². The maximum absolute atomic E-state index is 13.2. The van der Waals surface area contributed by atoms with Crippen LogP contribution in [0.15, 0.2) is 64.5 Å². The Balaban J connectivity index is 1.79. The molecule has 0 radical (unpaired) electrons. The third kappa shape index (κ3) is 2.63. The maximum atomic E-state index is 13.2. The van der Waals surface area contributed by atoms with Gasteiger partial charge in [-0.25, -0.2) is 13.4 Å². The molecule has 8 heteroatoms. The van der Waals surface area contributed by atoms with Gasteiger partial charge in [0.25, 0.3) is 0 Å². The Labute approximate surface area is 162 Å². The van der Waals surface area contributed by atoms with Gasteiger partial charge in [0.15, 0.2) is 5.65 Å². The molecule has 2 aromatic carbocycles. The number of hydrogen-bond acceptors (Lipinski definition) is 6. The van der Waals surface area contributed by atoms with E-state index in [0.717, 1.165) is 42.7 Å². The van der Waals surface area contributed by atoms with Crippen LogP contribution in [0.3, 0.4) is 0 Å². The summed E-state index contributed by atoms with van der Waals surface area (Å²) in [6, 6.07) is 16.1. The zero-order chi connectivity index (χ0) is 19.1. The molecule has 4 aromatic rings. The summed E-state index contributed by atoms with van der Waals surface area (Å²) in [7, 11) is -3.81. The van der Waals surface area contributed by atoms with E-state index in [-0.39, 0.29) is 15.6 Å². The first-order chi connectivity index (χ1) is 13.7. The number of para-hydroxylation sites is 1. The van der Waals surface area contributed by atoms with Crippen molar-refractivity contribution in [2.24, 2.45) is 0 Å². The van der Waals surface area contributed by atoms with E-state index in [2.05, 4.69) is 15.2 Å². The number of fused-ring (bicyclic) bond motifs is 3. The lowest BCUT2D eigenvalue weighted by molar-refractivity contribution is 0.575. The average molecular weight is 393 g/mol. The minimum Gasteiger partial charge on any atom is -0.356 e. The molecule has 28 heavy (non-hydrogen) atoms. The number of aromatic nitrogens is 4. The van der Waals surface area contributed by atoms with Crippen LogP contribution in [0.1, 0.15) is 19.3 Å². The van der Waals surface area contributed by atoms with Crippen LogP contribution >= 0.6 is 0 Å². The number of hydrogen-bond donors (Lipinski definition) is 0. The minimum atomic E-state index is -3.81. The van der Waals surface area contributed by atoms with Gasteiger partial charge in [-0.1, -0.05) is 35.5 Å². The first-order valence-electron chi connectivity index (χ1n) is 9.35. The van der Waals surface area contributed by atoms with Gasteiger partial charge in [0.05, 0.1) is 10.4 Å². The molecule has 0 atom stereocenters. The summed E-state index contributed by atoms with van der Waals surface area (Å²) in [5, 5.41) is 9.00. The lowest BCUT2D eigenvalue weighted by Gasteiger charge is -2.28. The number of sulfone groups is 1. The van der Waals surface area contributed by atoms with Gasteiger partial charge in [0.1, 0.15) is 5.82 Å². The molecule has 0 bridgehead atoms. The summed E-state index contributed by atoms with van der Waals surface area (Å²) < 4.78 is 27.9. The molecule has 0 saturated carbocycles. The van der Waals surface area contributed by atoms with Gasteiger partial charge >= 0.3 is 0 Å². The molecular formula is C20H19N5O2S. The van der Waals surface area contributed by atoms with E-state index in [1.165, 1.54) is 10.9 Å². The molecule has 0 aliphatic carbocycles. The van der Waals surface area contributed by atoms with E-state index < -0.39 is 9.84 Å². The molecule has 1 aliphatic rings. The summed E-state index contributed by atoms with van der Waals surface area (Å²) in [6.45, 7) is 1.82. The Bertz CT molecular complexity index is 1260. The molecule has 2 aromatic heterocycles. The molecule has 1 aliphatic heterocycles. The number of nitrogens with zero attached hydrogens (tertiary/aromatic N) is 5. The highest BCUT2D eigenvalue weighted by atomic mass is 32.2. The van der Waals surface area contributed by atoms with Gasteiger partial charge in [-0.05, 0) is 43.5 Å². The van der Waals surface area contributed by atoms with E-state index in [1.54, 1.807) is 30.3 Å². The molecule has 0 unspecified atom stereocenters. The Morgan fingerprint density at radius 2 is 1.57 bits per heavy atom. The zero-order valence-electron chi connectivity index (χ0n) is 15.2. The highest BCUT2D eigenvalue weighted by Crippen LogP contribution is 2.30. The van der Waals surface area contributed by atoms with Gasteiger partial charge in [0.2, 0.25) is 14.9 Å². The van der Waals surface area contributed by atoms with Crippen molar-refractivity contribution in [2.45, 2.75) is 29.2 Å². The summed E-state index contributed by atoms with van der Waals surface area (Å²) in [4.78, 5) is 7.18.